The molecule has 378 valence electrons. The first kappa shape index (κ1) is 48.0. The summed E-state index contributed by atoms with van der Waals surface area (Å²) in [6, 6.07) is 91.8. The van der Waals surface area contributed by atoms with E-state index in [1.165, 1.54) is 22.3 Å². The van der Waals surface area contributed by atoms with Crippen LogP contribution in [0.2, 0.25) is 0 Å². The Morgan fingerprint density at radius 3 is 0.863 bits per heavy atom. The van der Waals surface area contributed by atoms with Crippen molar-refractivity contribution < 1.29 is 0 Å². The number of nitriles is 1. The predicted molar refractivity (Wildman–Crippen MR) is 332 cm³/mol. The molecule has 11 aromatic carbocycles. The van der Waals surface area contributed by atoms with Crippen molar-refractivity contribution in [3.8, 4) is 95.9 Å². The van der Waals surface area contributed by atoms with Crippen molar-refractivity contribution in [2.45, 2.75) is 27.7 Å². The van der Waals surface area contributed by atoms with Crippen LogP contribution in [0.1, 0.15) is 27.8 Å². The van der Waals surface area contributed by atoms with E-state index >= 15 is 0 Å². The molecule has 14 aromatic rings. The van der Waals surface area contributed by atoms with Gasteiger partial charge in [0.25, 0.3) is 0 Å². The molecule has 80 heavy (non-hydrogen) atoms. The maximum absolute atomic E-state index is 12.1. The Kier molecular flexibility index (Phi) is 11.7. The zero-order valence-corrected chi connectivity index (χ0v) is 44.9. The molecular formula is C75H53N5. The van der Waals surface area contributed by atoms with Crippen molar-refractivity contribution in [3.63, 3.8) is 0 Å². The molecule has 0 aliphatic heterocycles. The van der Waals surface area contributed by atoms with Crippen LogP contribution in [0.5, 0.6) is 0 Å². The average Bonchev–Trinajstić information content (AvgIpc) is 4.22. The van der Waals surface area contributed by atoms with Crippen LogP contribution in [0, 0.1) is 39.0 Å². The molecule has 5 heteroatoms. The Morgan fingerprint density at radius 1 is 0.287 bits per heavy atom. The topological polar surface area (TPSA) is 59.4 Å². The molecule has 0 saturated heterocycles. The van der Waals surface area contributed by atoms with Crippen LogP contribution < -0.4 is 0 Å². The summed E-state index contributed by atoms with van der Waals surface area (Å²) in [5, 5.41) is 16.4. The van der Waals surface area contributed by atoms with E-state index in [1.807, 2.05) is 36.4 Å². The van der Waals surface area contributed by atoms with Crippen LogP contribution in [-0.4, -0.2) is 19.1 Å². The standard InChI is InChI=1S/C75H53N5/c1-47-15-23-51(24-16-47)57-31-35-69-62(39-57)63-40-58(52-25-17-48(2)18-26-52)32-36-70(63)79(69)73-43-61(75-77-67(55-11-7-5-8-12-55)45-68(78-75)56-13-9-6-10-14-56)44-74(66(73)46-76)80-71-37-33-59(53-27-19-49(3)20-28-53)41-64(71)65-42-60(34-38-72(65)80)54-29-21-50(4)22-30-54/h5-45H,1-4H3. The van der Waals surface area contributed by atoms with Crippen molar-refractivity contribution in [1.82, 2.24) is 19.1 Å². The third kappa shape index (κ3) is 8.52. The Bertz CT molecular complexity index is 4250. The summed E-state index contributed by atoms with van der Waals surface area (Å²) in [6.45, 7) is 8.49. The quantitative estimate of drug-likeness (QED) is 0.145. The smallest absolute Gasteiger partial charge is 0.160 e. The van der Waals surface area contributed by atoms with Crippen molar-refractivity contribution in [2.24, 2.45) is 0 Å². The van der Waals surface area contributed by atoms with Gasteiger partial charge in [0.2, 0.25) is 0 Å². The fourth-order valence-corrected chi connectivity index (χ4v) is 11.6. The lowest BCUT2D eigenvalue weighted by Gasteiger charge is -2.19. The molecular weight excluding hydrogens is 971 g/mol. The van der Waals surface area contributed by atoms with E-state index in [0.717, 1.165) is 128 Å². The highest BCUT2D eigenvalue weighted by atomic mass is 15.0. The van der Waals surface area contributed by atoms with Crippen molar-refractivity contribution in [1.29, 1.82) is 5.26 Å². The predicted octanol–water partition coefficient (Wildman–Crippen LogP) is 19.4. The summed E-state index contributed by atoms with van der Waals surface area (Å²) < 4.78 is 4.60. The molecule has 0 radical (unpaired) electrons. The van der Waals surface area contributed by atoms with Crippen LogP contribution in [0.25, 0.3) is 133 Å². The van der Waals surface area contributed by atoms with Gasteiger partial charge in [-0.3, -0.25) is 0 Å². The highest BCUT2D eigenvalue weighted by Crippen LogP contribution is 2.44. The SMILES string of the molecule is Cc1ccc(-c2ccc3c(c2)c2cc(-c4ccc(C)cc4)ccc2n3-c2cc(-c3nc(-c4ccccc4)cc(-c4ccccc4)n3)cc(-n3c4ccc(-c5ccc(C)cc5)cc4c4cc(-c5ccc(C)cc5)ccc43)c2C#N)cc1. The molecule has 0 unspecified atom stereocenters. The largest absolute Gasteiger partial charge is 0.308 e. The molecule has 3 heterocycles. The van der Waals surface area contributed by atoms with E-state index in [4.69, 9.17) is 9.97 Å². The summed E-state index contributed by atoms with van der Waals surface area (Å²) in [6.07, 6.45) is 0. The van der Waals surface area contributed by atoms with Crippen molar-refractivity contribution >= 4 is 43.6 Å². The van der Waals surface area contributed by atoms with Crippen LogP contribution in [0.4, 0.5) is 0 Å². The highest BCUT2D eigenvalue weighted by molar-refractivity contribution is 6.14. The number of aromatic nitrogens is 4. The second-order valence-electron chi connectivity index (χ2n) is 21.3. The van der Waals surface area contributed by atoms with Crippen molar-refractivity contribution in [2.75, 3.05) is 0 Å². The zero-order valence-electron chi connectivity index (χ0n) is 44.9. The minimum atomic E-state index is 0.518. The highest BCUT2D eigenvalue weighted by Gasteiger charge is 2.25. The summed E-state index contributed by atoms with van der Waals surface area (Å²) in [4.78, 5) is 10.9. The molecule has 0 atom stereocenters. The first-order chi connectivity index (χ1) is 39.2. The van der Waals surface area contributed by atoms with Gasteiger partial charge in [0.1, 0.15) is 11.6 Å². The Hall–Kier alpha value is -10.4. The number of benzene rings is 11. The summed E-state index contributed by atoms with van der Waals surface area (Å²) in [5.41, 5.74) is 24.1. The fourth-order valence-electron chi connectivity index (χ4n) is 11.6. The maximum atomic E-state index is 12.1. The molecule has 0 N–H and O–H groups in total. The van der Waals surface area contributed by atoms with Gasteiger partial charge in [0.15, 0.2) is 5.82 Å². The second kappa shape index (κ2) is 19.6. The normalized spacial score (nSPS) is 11.5. The van der Waals surface area contributed by atoms with Gasteiger partial charge in [-0.05, 0) is 139 Å². The molecule has 0 spiro atoms. The van der Waals surface area contributed by atoms with Crippen LogP contribution in [-0.2, 0) is 0 Å². The molecule has 3 aromatic heterocycles. The van der Waals surface area contributed by atoms with Gasteiger partial charge in [-0.25, -0.2) is 9.97 Å². The van der Waals surface area contributed by atoms with Gasteiger partial charge in [0, 0.05) is 38.2 Å². The molecule has 5 nitrogen and oxygen atoms in total. The molecule has 0 aliphatic carbocycles. The van der Waals surface area contributed by atoms with Gasteiger partial charge in [0.05, 0.1) is 44.8 Å². The Labute approximate surface area is 465 Å². The number of hydrogen-bond acceptors (Lipinski definition) is 3. The average molecular weight is 1020 g/mol. The number of nitrogens with zero attached hydrogens (tertiary/aromatic N) is 5. The van der Waals surface area contributed by atoms with Gasteiger partial charge in [-0.2, -0.15) is 5.26 Å². The van der Waals surface area contributed by atoms with E-state index in [2.05, 4.69) is 255 Å². The number of aryl methyl sites for hydroxylation is 4. The summed E-state index contributed by atoms with van der Waals surface area (Å²) in [7, 11) is 0. The lowest BCUT2D eigenvalue weighted by Crippen LogP contribution is -2.06. The van der Waals surface area contributed by atoms with Crippen molar-refractivity contribution in [3.05, 3.63) is 277 Å². The van der Waals surface area contributed by atoms with E-state index in [1.54, 1.807) is 0 Å². The first-order valence-electron chi connectivity index (χ1n) is 27.3. The van der Waals surface area contributed by atoms with Crippen LogP contribution in [0.3, 0.4) is 0 Å². The monoisotopic (exact) mass is 1020 g/mol. The lowest BCUT2D eigenvalue weighted by atomic mass is 9.99. The summed E-state index contributed by atoms with van der Waals surface area (Å²) >= 11 is 0. The second-order valence-corrected chi connectivity index (χ2v) is 21.3. The summed E-state index contributed by atoms with van der Waals surface area (Å²) in [5.74, 6) is 0.547. The first-order valence-corrected chi connectivity index (χ1v) is 27.3. The molecule has 0 saturated carbocycles. The van der Waals surface area contributed by atoms with Crippen LogP contribution >= 0.6 is 0 Å². The number of fused-ring (bicyclic) bond motifs is 6. The zero-order chi connectivity index (χ0) is 54.0. The molecule has 0 fully saturated rings. The van der Waals surface area contributed by atoms with E-state index < -0.39 is 0 Å². The van der Waals surface area contributed by atoms with E-state index in [-0.39, 0.29) is 0 Å². The molecule has 14 rings (SSSR count). The van der Waals surface area contributed by atoms with E-state index in [0.29, 0.717) is 11.4 Å². The van der Waals surface area contributed by atoms with Gasteiger partial charge < -0.3 is 9.13 Å². The fraction of sp³-hybridized carbons (Fsp3) is 0.0533. The third-order valence-corrected chi connectivity index (χ3v) is 15.9. The lowest BCUT2D eigenvalue weighted by molar-refractivity contribution is 1.11. The van der Waals surface area contributed by atoms with Crippen LogP contribution in [0.15, 0.2) is 249 Å². The molecule has 0 aliphatic rings. The minimum Gasteiger partial charge on any atom is -0.308 e. The maximum Gasteiger partial charge on any atom is 0.160 e. The minimum absolute atomic E-state index is 0.518. The Morgan fingerprint density at radius 2 is 0.575 bits per heavy atom. The number of rotatable bonds is 9. The van der Waals surface area contributed by atoms with E-state index in [9.17, 15) is 5.26 Å². The van der Waals surface area contributed by atoms with Gasteiger partial charge >= 0.3 is 0 Å². The Balaban J connectivity index is 1.10. The third-order valence-electron chi connectivity index (χ3n) is 15.9. The van der Waals surface area contributed by atoms with Gasteiger partial charge in [-0.1, -0.05) is 204 Å². The number of hydrogen-bond donors (Lipinski definition) is 0. The van der Waals surface area contributed by atoms with Gasteiger partial charge in [-0.15, -0.1) is 0 Å². The molecule has 0 amide bonds. The molecule has 0 bridgehead atoms.